The Balaban J connectivity index is 2.19. The molecule has 0 radical (unpaired) electrons. The first-order chi connectivity index (χ1) is 8.06. The first-order valence-electron chi connectivity index (χ1n) is 5.60. The molecule has 0 saturated carbocycles. The van der Waals surface area contributed by atoms with E-state index < -0.39 is 0 Å². The van der Waals surface area contributed by atoms with Crippen molar-refractivity contribution in [3.8, 4) is 0 Å². The topological polar surface area (TPSA) is 41.3 Å². The van der Waals surface area contributed by atoms with Crippen LogP contribution in [-0.4, -0.2) is 36.1 Å². The summed E-state index contributed by atoms with van der Waals surface area (Å²) in [7, 11) is 2.12. The van der Waals surface area contributed by atoms with Crippen molar-refractivity contribution in [1.29, 1.82) is 0 Å². The molecular weight excluding hydrogens is 254 g/mol. The van der Waals surface area contributed by atoms with E-state index in [1.807, 2.05) is 18.2 Å². The third kappa shape index (κ3) is 3.09. The summed E-state index contributed by atoms with van der Waals surface area (Å²) in [6.45, 7) is 2.14. The van der Waals surface area contributed by atoms with E-state index in [4.69, 9.17) is 29.6 Å². The number of rotatable bonds is 3. The maximum Gasteiger partial charge on any atom is 0.106 e. The maximum atomic E-state index is 6.00. The lowest BCUT2D eigenvalue weighted by atomic mass is 10.1. The van der Waals surface area contributed by atoms with Crippen LogP contribution in [0.15, 0.2) is 18.2 Å². The summed E-state index contributed by atoms with van der Waals surface area (Å²) in [5.74, 6) is 0. The second kappa shape index (κ2) is 5.21. The molecule has 1 aliphatic heterocycles. The molecule has 1 saturated heterocycles. The minimum atomic E-state index is 0.399. The monoisotopic (exact) mass is 269 g/mol. The van der Waals surface area contributed by atoms with Gasteiger partial charge in [-0.1, -0.05) is 23.8 Å². The summed E-state index contributed by atoms with van der Waals surface area (Å²) in [5.41, 5.74) is 7.50. The van der Waals surface area contributed by atoms with E-state index in [0.29, 0.717) is 16.1 Å². The standard InChI is InChI=1S/C12H16ClN3S/c1-16-5-4-9(7-16)15-11-6-8(13)2-3-10(11)12(14)17/h2-3,6,9,15H,4-5,7H2,1H3,(H2,14,17). The van der Waals surface area contributed by atoms with Crippen LogP contribution >= 0.6 is 23.8 Å². The first kappa shape index (κ1) is 12.6. The van der Waals surface area contributed by atoms with Gasteiger partial charge in [0.1, 0.15) is 4.99 Å². The maximum absolute atomic E-state index is 6.00. The molecule has 0 aliphatic carbocycles. The number of likely N-dealkylation sites (tertiary alicyclic amines) is 1. The number of anilines is 1. The normalized spacial score (nSPS) is 20.5. The molecule has 1 unspecified atom stereocenters. The Bertz CT molecular complexity index is 436. The molecule has 1 aliphatic rings. The highest BCUT2D eigenvalue weighted by atomic mass is 35.5. The Morgan fingerprint density at radius 3 is 2.94 bits per heavy atom. The fourth-order valence-electron chi connectivity index (χ4n) is 2.12. The number of halogens is 1. The SMILES string of the molecule is CN1CCC(Nc2cc(Cl)ccc2C(N)=S)C1. The van der Waals surface area contributed by atoms with Crippen LogP contribution < -0.4 is 11.1 Å². The lowest BCUT2D eigenvalue weighted by Crippen LogP contribution is -2.25. The van der Waals surface area contributed by atoms with E-state index in [-0.39, 0.29) is 0 Å². The summed E-state index contributed by atoms with van der Waals surface area (Å²) in [5, 5.41) is 4.16. The molecule has 0 spiro atoms. The lowest BCUT2D eigenvalue weighted by molar-refractivity contribution is 0.414. The van der Waals surface area contributed by atoms with Crippen LogP contribution in [0.5, 0.6) is 0 Å². The van der Waals surface area contributed by atoms with Crippen LogP contribution in [0.2, 0.25) is 5.02 Å². The lowest BCUT2D eigenvalue weighted by Gasteiger charge is -2.17. The Labute approximate surface area is 112 Å². The van der Waals surface area contributed by atoms with Gasteiger partial charge >= 0.3 is 0 Å². The van der Waals surface area contributed by atoms with Crippen molar-refractivity contribution < 1.29 is 0 Å². The van der Waals surface area contributed by atoms with Gasteiger partial charge in [-0.15, -0.1) is 0 Å². The van der Waals surface area contributed by atoms with E-state index in [1.54, 1.807) is 0 Å². The van der Waals surface area contributed by atoms with Crippen molar-refractivity contribution in [1.82, 2.24) is 4.90 Å². The zero-order valence-corrected chi connectivity index (χ0v) is 11.3. The Morgan fingerprint density at radius 1 is 1.59 bits per heavy atom. The first-order valence-corrected chi connectivity index (χ1v) is 6.39. The fourth-order valence-corrected chi connectivity index (χ4v) is 2.47. The second-order valence-corrected chi connectivity index (χ2v) is 5.32. The van der Waals surface area contributed by atoms with Crippen molar-refractivity contribution in [2.75, 3.05) is 25.5 Å². The Hall–Kier alpha value is -0.840. The molecular formula is C12H16ClN3S. The number of nitrogens with one attached hydrogen (secondary N) is 1. The van der Waals surface area contributed by atoms with Crippen molar-refractivity contribution in [2.24, 2.45) is 5.73 Å². The van der Waals surface area contributed by atoms with Gasteiger partial charge in [0.2, 0.25) is 0 Å². The average Bonchev–Trinajstić information content (AvgIpc) is 2.63. The van der Waals surface area contributed by atoms with Gasteiger partial charge in [-0.3, -0.25) is 0 Å². The molecule has 2 rings (SSSR count). The minimum absolute atomic E-state index is 0.399. The molecule has 17 heavy (non-hydrogen) atoms. The van der Waals surface area contributed by atoms with Crippen LogP contribution in [0, 0.1) is 0 Å². The largest absolute Gasteiger partial charge is 0.389 e. The number of likely N-dealkylation sites (N-methyl/N-ethyl adjacent to an activating group) is 1. The van der Waals surface area contributed by atoms with Gasteiger partial charge in [0.05, 0.1) is 0 Å². The third-order valence-corrected chi connectivity index (χ3v) is 3.45. The predicted octanol–water partition coefficient (Wildman–Crippen LogP) is 2.09. The molecule has 1 atom stereocenters. The molecule has 3 nitrogen and oxygen atoms in total. The summed E-state index contributed by atoms with van der Waals surface area (Å²) < 4.78 is 0. The van der Waals surface area contributed by atoms with Crippen molar-refractivity contribution in [3.63, 3.8) is 0 Å². The van der Waals surface area contributed by atoms with E-state index >= 15 is 0 Å². The molecule has 92 valence electrons. The van der Waals surface area contributed by atoms with E-state index in [0.717, 1.165) is 30.8 Å². The highest BCUT2D eigenvalue weighted by Gasteiger charge is 2.20. The summed E-state index contributed by atoms with van der Waals surface area (Å²) in [4.78, 5) is 2.69. The average molecular weight is 270 g/mol. The fraction of sp³-hybridized carbons (Fsp3) is 0.417. The molecule has 0 aromatic heterocycles. The summed E-state index contributed by atoms with van der Waals surface area (Å²) in [6, 6.07) is 5.99. The Kier molecular flexibility index (Phi) is 3.86. The third-order valence-electron chi connectivity index (χ3n) is 3.00. The van der Waals surface area contributed by atoms with Crippen LogP contribution in [0.4, 0.5) is 5.69 Å². The number of benzene rings is 1. The highest BCUT2D eigenvalue weighted by molar-refractivity contribution is 7.80. The molecule has 3 N–H and O–H groups in total. The quantitative estimate of drug-likeness (QED) is 0.825. The van der Waals surface area contributed by atoms with Gasteiger partial charge in [0.15, 0.2) is 0 Å². The Morgan fingerprint density at radius 2 is 2.35 bits per heavy atom. The molecule has 0 amide bonds. The van der Waals surface area contributed by atoms with Crippen molar-refractivity contribution >= 4 is 34.5 Å². The highest BCUT2D eigenvalue weighted by Crippen LogP contribution is 2.23. The summed E-state index contributed by atoms with van der Waals surface area (Å²) in [6.07, 6.45) is 1.12. The van der Waals surface area contributed by atoms with E-state index in [1.165, 1.54) is 0 Å². The van der Waals surface area contributed by atoms with Gasteiger partial charge in [-0.05, 0) is 38.2 Å². The molecule has 1 fully saturated rings. The van der Waals surface area contributed by atoms with Gasteiger partial charge in [-0.2, -0.15) is 0 Å². The zero-order valence-electron chi connectivity index (χ0n) is 9.74. The van der Waals surface area contributed by atoms with Gasteiger partial charge in [0, 0.05) is 28.9 Å². The van der Waals surface area contributed by atoms with Crippen molar-refractivity contribution in [2.45, 2.75) is 12.5 Å². The smallest absolute Gasteiger partial charge is 0.106 e. The van der Waals surface area contributed by atoms with Gasteiger partial charge in [-0.25, -0.2) is 0 Å². The van der Waals surface area contributed by atoms with Gasteiger partial charge in [0.25, 0.3) is 0 Å². The van der Waals surface area contributed by atoms with Gasteiger partial charge < -0.3 is 16.0 Å². The number of hydrogen-bond acceptors (Lipinski definition) is 3. The zero-order chi connectivity index (χ0) is 12.4. The van der Waals surface area contributed by atoms with Crippen LogP contribution in [-0.2, 0) is 0 Å². The number of nitrogens with zero attached hydrogens (tertiary/aromatic N) is 1. The van der Waals surface area contributed by atoms with Crippen LogP contribution in [0.3, 0.4) is 0 Å². The molecule has 1 heterocycles. The predicted molar refractivity (Wildman–Crippen MR) is 76.9 cm³/mol. The van der Waals surface area contributed by atoms with E-state index in [9.17, 15) is 0 Å². The number of thiocarbonyl (C=S) groups is 1. The second-order valence-electron chi connectivity index (χ2n) is 4.45. The summed E-state index contributed by atoms with van der Waals surface area (Å²) >= 11 is 11.0. The van der Waals surface area contributed by atoms with Crippen molar-refractivity contribution in [3.05, 3.63) is 28.8 Å². The van der Waals surface area contributed by atoms with Crippen LogP contribution in [0.1, 0.15) is 12.0 Å². The molecule has 1 aromatic carbocycles. The molecule has 5 heteroatoms. The van der Waals surface area contributed by atoms with Crippen LogP contribution in [0.25, 0.3) is 0 Å². The minimum Gasteiger partial charge on any atom is -0.389 e. The van der Waals surface area contributed by atoms with E-state index in [2.05, 4.69) is 17.3 Å². The number of nitrogens with two attached hydrogens (primary N) is 1. The molecule has 1 aromatic rings. The number of hydrogen-bond donors (Lipinski definition) is 2. The molecule has 0 bridgehead atoms.